The van der Waals surface area contributed by atoms with Gasteiger partial charge in [0.05, 0.1) is 5.54 Å². The van der Waals surface area contributed by atoms with Crippen LogP contribution in [0.3, 0.4) is 0 Å². The van der Waals surface area contributed by atoms with E-state index in [-0.39, 0.29) is 5.54 Å². The van der Waals surface area contributed by atoms with Crippen LogP contribution in [0.1, 0.15) is 25.7 Å². The largest absolute Gasteiger partial charge is 0.343 e. The molecule has 12 heavy (non-hydrogen) atoms. The molecule has 1 aliphatic heterocycles. The van der Waals surface area contributed by atoms with Gasteiger partial charge in [-0.15, -0.1) is 0 Å². The molecule has 2 aliphatic rings. The second-order valence-electron chi connectivity index (χ2n) is 3.94. The van der Waals surface area contributed by atoms with Gasteiger partial charge in [0.2, 0.25) is 5.91 Å². The van der Waals surface area contributed by atoms with Crippen molar-refractivity contribution in [2.24, 2.45) is 0 Å². The van der Waals surface area contributed by atoms with Crippen molar-refractivity contribution in [1.29, 1.82) is 0 Å². The third-order valence-electron chi connectivity index (χ3n) is 3.12. The molecular formula is C9H16N2O. The zero-order valence-electron chi connectivity index (χ0n) is 7.60. The minimum atomic E-state index is -0.160. The minimum absolute atomic E-state index is 0.160. The summed E-state index contributed by atoms with van der Waals surface area (Å²) in [5.74, 6) is 0.311. The van der Waals surface area contributed by atoms with E-state index < -0.39 is 0 Å². The molecule has 1 saturated heterocycles. The lowest BCUT2D eigenvalue weighted by Gasteiger charge is -2.38. The fraction of sp³-hybridized carbons (Fsp3) is 0.889. The molecule has 0 radical (unpaired) electrons. The van der Waals surface area contributed by atoms with Crippen LogP contribution in [0.2, 0.25) is 0 Å². The normalized spacial score (nSPS) is 28.4. The number of hydrogen-bond acceptors (Lipinski definition) is 2. The fourth-order valence-electron chi connectivity index (χ4n) is 2.37. The summed E-state index contributed by atoms with van der Waals surface area (Å²) >= 11 is 0. The number of carbonyl (C=O) groups is 1. The summed E-state index contributed by atoms with van der Waals surface area (Å²) in [6.07, 6.45) is 4.48. The van der Waals surface area contributed by atoms with Gasteiger partial charge in [-0.05, 0) is 12.8 Å². The van der Waals surface area contributed by atoms with E-state index >= 15 is 0 Å². The van der Waals surface area contributed by atoms with Crippen LogP contribution < -0.4 is 5.32 Å². The first-order chi connectivity index (χ1) is 5.75. The van der Waals surface area contributed by atoms with E-state index in [9.17, 15) is 4.79 Å². The van der Waals surface area contributed by atoms with Crippen molar-refractivity contribution in [2.75, 3.05) is 20.1 Å². The van der Waals surface area contributed by atoms with Gasteiger partial charge < -0.3 is 10.2 Å². The first-order valence-corrected chi connectivity index (χ1v) is 4.75. The average Bonchev–Trinajstić information content (AvgIpc) is 2.50. The van der Waals surface area contributed by atoms with E-state index in [0.717, 1.165) is 25.9 Å². The molecule has 0 aromatic carbocycles. The lowest BCUT2D eigenvalue weighted by atomic mass is 9.94. The van der Waals surface area contributed by atoms with Crippen molar-refractivity contribution in [2.45, 2.75) is 31.2 Å². The number of likely N-dealkylation sites (N-methyl/N-ethyl adjacent to an activating group) is 1. The SMILES string of the molecule is CN1CCNC2(CCCC2)C1=O. The quantitative estimate of drug-likeness (QED) is 0.566. The number of nitrogens with zero attached hydrogens (tertiary/aromatic N) is 1. The summed E-state index contributed by atoms with van der Waals surface area (Å²) in [7, 11) is 1.91. The molecule has 0 unspecified atom stereocenters. The molecule has 3 nitrogen and oxygen atoms in total. The highest BCUT2D eigenvalue weighted by Crippen LogP contribution is 2.32. The second kappa shape index (κ2) is 2.73. The Morgan fingerprint density at radius 2 is 2.08 bits per heavy atom. The van der Waals surface area contributed by atoms with Gasteiger partial charge in [0.25, 0.3) is 0 Å². The van der Waals surface area contributed by atoms with Crippen LogP contribution in [-0.2, 0) is 4.79 Å². The Hall–Kier alpha value is -0.570. The number of piperazine rings is 1. The first kappa shape index (κ1) is 8.05. The first-order valence-electron chi connectivity index (χ1n) is 4.75. The van der Waals surface area contributed by atoms with Gasteiger partial charge in [-0.2, -0.15) is 0 Å². The summed E-state index contributed by atoms with van der Waals surface area (Å²) in [5, 5.41) is 3.38. The molecule has 2 rings (SSSR count). The van der Waals surface area contributed by atoms with Crippen molar-refractivity contribution < 1.29 is 4.79 Å². The molecule has 1 heterocycles. The van der Waals surface area contributed by atoms with E-state index in [2.05, 4.69) is 5.32 Å². The highest BCUT2D eigenvalue weighted by atomic mass is 16.2. The molecule has 0 bridgehead atoms. The van der Waals surface area contributed by atoms with Crippen molar-refractivity contribution in [3.63, 3.8) is 0 Å². The molecule has 1 amide bonds. The molecular weight excluding hydrogens is 152 g/mol. The molecule has 1 saturated carbocycles. The monoisotopic (exact) mass is 168 g/mol. The molecule has 0 aromatic rings. The van der Waals surface area contributed by atoms with Gasteiger partial charge in [0, 0.05) is 20.1 Å². The third-order valence-corrected chi connectivity index (χ3v) is 3.12. The Labute approximate surface area is 73.1 Å². The Kier molecular flexibility index (Phi) is 1.83. The van der Waals surface area contributed by atoms with E-state index in [1.54, 1.807) is 0 Å². The summed E-state index contributed by atoms with van der Waals surface area (Å²) in [6, 6.07) is 0. The van der Waals surface area contributed by atoms with Crippen LogP contribution in [0, 0.1) is 0 Å². The maximum Gasteiger partial charge on any atom is 0.242 e. The topological polar surface area (TPSA) is 32.3 Å². The number of rotatable bonds is 0. The van der Waals surface area contributed by atoms with Crippen LogP contribution in [0.15, 0.2) is 0 Å². The predicted octanol–water partition coefficient (Wildman–Crippen LogP) is 0.361. The molecule has 1 spiro atoms. The summed E-state index contributed by atoms with van der Waals surface area (Å²) in [5.41, 5.74) is -0.160. The average molecular weight is 168 g/mol. The zero-order valence-corrected chi connectivity index (χ0v) is 7.60. The molecule has 1 N–H and O–H groups in total. The number of nitrogens with one attached hydrogen (secondary N) is 1. The lowest BCUT2D eigenvalue weighted by Crippen LogP contribution is -2.61. The van der Waals surface area contributed by atoms with Gasteiger partial charge in [-0.3, -0.25) is 4.79 Å². The van der Waals surface area contributed by atoms with Gasteiger partial charge in [-0.1, -0.05) is 12.8 Å². The molecule has 3 heteroatoms. The third kappa shape index (κ3) is 1.04. The van der Waals surface area contributed by atoms with Crippen molar-refractivity contribution >= 4 is 5.91 Å². The van der Waals surface area contributed by atoms with Crippen LogP contribution >= 0.6 is 0 Å². The Morgan fingerprint density at radius 1 is 1.42 bits per heavy atom. The maximum atomic E-state index is 11.8. The van der Waals surface area contributed by atoms with Gasteiger partial charge in [0.1, 0.15) is 0 Å². The number of amides is 1. The Bertz CT molecular complexity index is 197. The highest BCUT2D eigenvalue weighted by Gasteiger charge is 2.44. The van der Waals surface area contributed by atoms with E-state index in [1.807, 2.05) is 11.9 Å². The standard InChI is InChI=1S/C9H16N2O/c1-11-7-6-10-9(8(11)12)4-2-3-5-9/h10H,2-7H2,1H3. The summed E-state index contributed by atoms with van der Waals surface area (Å²) in [6.45, 7) is 1.82. The van der Waals surface area contributed by atoms with Crippen LogP contribution in [0.4, 0.5) is 0 Å². The van der Waals surface area contributed by atoms with Crippen molar-refractivity contribution in [3.8, 4) is 0 Å². The Morgan fingerprint density at radius 3 is 2.75 bits per heavy atom. The van der Waals surface area contributed by atoms with Gasteiger partial charge in [-0.25, -0.2) is 0 Å². The lowest BCUT2D eigenvalue weighted by molar-refractivity contribution is -0.139. The Balaban J connectivity index is 2.17. The van der Waals surface area contributed by atoms with Crippen LogP contribution in [0.25, 0.3) is 0 Å². The second-order valence-corrected chi connectivity index (χ2v) is 3.94. The predicted molar refractivity (Wildman–Crippen MR) is 46.8 cm³/mol. The fourth-order valence-corrected chi connectivity index (χ4v) is 2.37. The van der Waals surface area contributed by atoms with Gasteiger partial charge >= 0.3 is 0 Å². The minimum Gasteiger partial charge on any atom is -0.343 e. The smallest absolute Gasteiger partial charge is 0.242 e. The highest BCUT2D eigenvalue weighted by molar-refractivity contribution is 5.87. The zero-order chi connectivity index (χ0) is 8.60. The van der Waals surface area contributed by atoms with E-state index in [0.29, 0.717) is 5.91 Å². The van der Waals surface area contributed by atoms with Crippen LogP contribution in [0.5, 0.6) is 0 Å². The number of hydrogen-bond donors (Lipinski definition) is 1. The maximum absolute atomic E-state index is 11.8. The van der Waals surface area contributed by atoms with Crippen molar-refractivity contribution in [3.05, 3.63) is 0 Å². The molecule has 2 fully saturated rings. The number of carbonyl (C=O) groups excluding carboxylic acids is 1. The van der Waals surface area contributed by atoms with E-state index in [4.69, 9.17) is 0 Å². The molecule has 68 valence electrons. The summed E-state index contributed by atoms with van der Waals surface area (Å²) < 4.78 is 0. The molecule has 1 aliphatic carbocycles. The molecule has 0 aromatic heterocycles. The summed E-state index contributed by atoms with van der Waals surface area (Å²) in [4.78, 5) is 13.7. The van der Waals surface area contributed by atoms with E-state index in [1.165, 1.54) is 12.8 Å². The van der Waals surface area contributed by atoms with Crippen LogP contribution in [-0.4, -0.2) is 36.5 Å². The molecule has 0 atom stereocenters. The van der Waals surface area contributed by atoms with Gasteiger partial charge in [0.15, 0.2) is 0 Å². The van der Waals surface area contributed by atoms with Crippen molar-refractivity contribution in [1.82, 2.24) is 10.2 Å².